The Morgan fingerprint density at radius 3 is 2.71 bits per heavy atom. The first-order valence-corrected chi connectivity index (χ1v) is 9.75. The summed E-state index contributed by atoms with van der Waals surface area (Å²) in [5.41, 5.74) is 3.82. The second-order valence-corrected chi connectivity index (χ2v) is 8.69. The van der Waals surface area contributed by atoms with Crippen LogP contribution in [0, 0.1) is 0 Å². The zero-order valence-corrected chi connectivity index (χ0v) is 15.5. The predicted octanol–water partition coefficient (Wildman–Crippen LogP) is 6.01. The number of benzene rings is 1. The van der Waals surface area contributed by atoms with Gasteiger partial charge in [0.15, 0.2) is 5.78 Å². The monoisotopic (exact) mass is 374 g/mol. The zero-order valence-electron chi connectivity index (χ0n) is 13.1. The van der Waals surface area contributed by atoms with E-state index in [0.29, 0.717) is 6.61 Å². The van der Waals surface area contributed by atoms with Crippen molar-refractivity contribution in [2.75, 3.05) is 0 Å². The van der Waals surface area contributed by atoms with Gasteiger partial charge in [-0.3, -0.25) is 4.79 Å². The van der Waals surface area contributed by atoms with Gasteiger partial charge in [-0.15, -0.1) is 22.7 Å². The van der Waals surface area contributed by atoms with E-state index >= 15 is 0 Å². The lowest BCUT2D eigenvalue weighted by molar-refractivity contribution is 0.102. The molecule has 4 rings (SSSR count). The molecule has 0 saturated carbocycles. The molecule has 2 heterocycles. The van der Waals surface area contributed by atoms with Crippen LogP contribution < -0.4 is 4.74 Å². The van der Waals surface area contributed by atoms with Crippen molar-refractivity contribution in [3.8, 4) is 16.2 Å². The highest BCUT2D eigenvalue weighted by molar-refractivity contribution is 7.17. The molecule has 5 heteroatoms. The van der Waals surface area contributed by atoms with Crippen molar-refractivity contribution in [2.24, 2.45) is 0 Å². The molecule has 1 aliphatic rings. The van der Waals surface area contributed by atoms with E-state index in [1.54, 1.807) is 29.6 Å². The third-order valence-corrected chi connectivity index (χ3v) is 6.67. The molecule has 0 aliphatic heterocycles. The Morgan fingerprint density at radius 1 is 1.12 bits per heavy atom. The molecular weight excluding hydrogens is 360 g/mol. The van der Waals surface area contributed by atoms with E-state index in [0.717, 1.165) is 32.7 Å². The Morgan fingerprint density at radius 2 is 1.96 bits per heavy atom. The molecule has 0 saturated heterocycles. The molecule has 2 aromatic heterocycles. The summed E-state index contributed by atoms with van der Waals surface area (Å²) in [5, 5.41) is 0. The lowest BCUT2D eigenvalue weighted by atomic mass is 9.91. The van der Waals surface area contributed by atoms with E-state index in [9.17, 15) is 4.79 Å². The number of Topliss-reactive ketones (excluding diaryl/α,β-unsaturated/α-hetero) is 1. The minimum Gasteiger partial charge on any atom is -0.488 e. The van der Waals surface area contributed by atoms with Crippen LogP contribution in [0.3, 0.4) is 0 Å². The number of fused-ring (bicyclic) bond motifs is 3. The minimum atomic E-state index is 0.144. The van der Waals surface area contributed by atoms with Crippen molar-refractivity contribution >= 4 is 40.1 Å². The maximum atomic E-state index is 11.6. The van der Waals surface area contributed by atoms with Gasteiger partial charge in [-0.1, -0.05) is 11.6 Å². The summed E-state index contributed by atoms with van der Waals surface area (Å²) in [6, 6.07) is 12.2. The van der Waals surface area contributed by atoms with Gasteiger partial charge in [-0.2, -0.15) is 0 Å². The van der Waals surface area contributed by atoms with Crippen LogP contribution in [-0.4, -0.2) is 5.78 Å². The molecule has 0 atom stereocenters. The van der Waals surface area contributed by atoms with Crippen molar-refractivity contribution in [1.82, 2.24) is 0 Å². The number of rotatable bonds is 4. The van der Waals surface area contributed by atoms with Gasteiger partial charge >= 0.3 is 0 Å². The minimum absolute atomic E-state index is 0.144. The summed E-state index contributed by atoms with van der Waals surface area (Å²) in [5.74, 6) is 1.02. The van der Waals surface area contributed by atoms with Crippen LogP contribution in [0.1, 0.15) is 32.6 Å². The Balaban J connectivity index is 1.58. The average molecular weight is 375 g/mol. The maximum Gasteiger partial charge on any atom is 0.169 e. The summed E-state index contributed by atoms with van der Waals surface area (Å²) in [6.07, 6.45) is 1.97. The van der Waals surface area contributed by atoms with E-state index in [2.05, 4.69) is 18.2 Å². The zero-order chi connectivity index (χ0) is 16.7. The largest absolute Gasteiger partial charge is 0.488 e. The van der Waals surface area contributed by atoms with E-state index in [1.165, 1.54) is 21.6 Å². The van der Waals surface area contributed by atoms with Crippen LogP contribution in [0.15, 0.2) is 36.4 Å². The highest BCUT2D eigenvalue weighted by Gasteiger charge is 2.21. The van der Waals surface area contributed by atoms with Crippen molar-refractivity contribution in [1.29, 1.82) is 0 Å². The molecule has 122 valence electrons. The van der Waals surface area contributed by atoms with Crippen molar-refractivity contribution in [3.63, 3.8) is 0 Å². The van der Waals surface area contributed by atoms with E-state index in [1.807, 2.05) is 18.2 Å². The number of halogens is 1. The van der Waals surface area contributed by atoms with Crippen LogP contribution in [0.25, 0.3) is 10.4 Å². The Bertz CT molecular complexity index is 923. The number of carbonyl (C=O) groups excluding carboxylic acids is 1. The van der Waals surface area contributed by atoms with Gasteiger partial charge in [0.2, 0.25) is 0 Å². The summed E-state index contributed by atoms with van der Waals surface area (Å²) in [7, 11) is 0. The third kappa shape index (κ3) is 3.02. The number of aryl methyl sites for hydroxylation is 2. The van der Waals surface area contributed by atoms with E-state index in [-0.39, 0.29) is 5.78 Å². The van der Waals surface area contributed by atoms with Crippen molar-refractivity contribution in [2.45, 2.75) is 26.4 Å². The number of thiophene rings is 2. The number of ether oxygens (including phenoxy) is 1. The number of ketones is 1. The lowest BCUT2D eigenvalue weighted by Crippen LogP contribution is -2.02. The standard InChI is InChI=1S/C19H15ClO2S2/c1-11(21)17-9-13-3-2-12-8-14(4-6-16(12)19(13)24-17)22-10-15-5-7-18(20)23-15/h4-9H,2-3,10H2,1H3. The fraction of sp³-hybridized carbons (Fsp3) is 0.211. The molecule has 1 aromatic carbocycles. The molecular formula is C19H15ClO2S2. The molecule has 0 spiro atoms. The highest BCUT2D eigenvalue weighted by Crippen LogP contribution is 2.41. The quantitative estimate of drug-likeness (QED) is 0.522. The first-order valence-electron chi connectivity index (χ1n) is 7.74. The fourth-order valence-electron chi connectivity index (χ4n) is 2.96. The van der Waals surface area contributed by atoms with Gasteiger partial charge in [0.25, 0.3) is 0 Å². The molecule has 0 N–H and O–H groups in total. The smallest absolute Gasteiger partial charge is 0.169 e. The van der Waals surface area contributed by atoms with Crippen molar-refractivity contribution < 1.29 is 9.53 Å². The molecule has 1 aliphatic carbocycles. The Hall–Kier alpha value is -1.62. The third-order valence-electron chi connectivity index (χ3n) is 4.15. The summed E-state index contributed by atoms with van der Waals surface area (Å²) in [6.45, 7) is 2.17. The highest BCUT2D eigenvalue weighted by atomic mass is 35.5. The first kappa shape index (κ1) is 15.9. The topological polar surface area (TPSA) is 26.3 Å². The molecule has 0 fully saturated rings. The fourth-order valence-corrected chi connectivity index (χ4v) is 5.12. The summed E-state index contributed by atoms with van der Waals surface area (Å²) < 4.78 is 6.69. The molecule has 0 radical (unpaired) electrons. The number of carbonyl (C=O) groups is 1. The normalized spacial score (nSPS) is 12.6. The molecule has 24 heavy (non-hydrogen) atoms. The summed E-state index contributed by atoms with van der Waals surface area (Å²) >= 11 is 9.09. The summed E-state index contributed by atoms with van der Waals surface area (Å²) in [4.78, 5) is 14.8. The van der Waals surface area contributed by atoms with Crippen LogP contribution in [0.5, 0.6) is 5.75 Å². The van der Waals surface area contributed by atoms with Gasteiger partial charge in [0.05, 0.1) is 9.21 Å². The van der Waals surface area contributed by atoms with E-state index < -0.39 is 0 Å². The second-order valence-electron chi connectivity index (χ2n) is 5.83. The van der Waals surface area contributed by atoms with Gasteiger partial charge in [-0.05, 0) is 72.9 Å². The van der Waals surface area contributed by atoms with E-state index in [4.69, 9.17) is 16.3 Å². The molecule has 0 amide bonds. The molecule has 0 bridgehead atoms. The van der Waals surface area contributed by atoms with Crippen molar-refractivity contribution in [3.05, 3.63) is 61.6 Å². The van der Waals surface area contributed by atoms with Gasteiger partial charge in [0.1, 0.15) is 12.4 Å². The van der Waals surface area contributed by atoms with Gasteiger partial charge < -0.3 is 4.74 Å². The Labute approximate surface area is 153 Å². The predicted molar refractivity (Wildman–Crippen MR) is 101 cm³/mol. The molecule has 0 unspecified atom stereocenters. The first-order chi connectivity index (χ1) is 11.6. The number of hydrogen-bond donors (Lipinski definition) is 0. The average Bonchev–Trinajstić information content (AvgIpc) is 3.18. The Kier molecular flexibility index (Phi) is 4.21. The number of hydrogen-bond acceptors (Lipinski definition) is 4. The van der Waals surface area contributed by atoms with Crippen LogP contribution in [-0.2, 0) is 19.4 Å². The second kappa shape index (κ2) is 6.36. The lowest BCUT2D eigenvalue weighted by Gasteiger charge is -2.17. The van der Waals surface area contributed by atoms with Crippen LogP contribution >= 0.6 is 34.3 Å². The maximum absolute atomic E-state index is 11.6. The van der Waals surface area contributed by atoms with Gasteiger partial charge in [-0.25, -0.2) is 0 Å². The SMILES string of the molecule is CC(=O)c1cc2c(s1)-c1ccc(OCc3ccc(Cl)s3)cc1CC2. The molecule has 2 nitrogen and oxygen atoms in total. The van der Waals surface area contributed by atoms with Crippen LogP contribution in [0.4, 0.5) is 0 Å². The van der Waals surface area contributed by atoms with Crippen LogP contribution in [0.2, 0.25) is 4.34 Å². The molecule has 3 aromatic rings. The van der Waals surface area contributed by atoms with Gasteiger partial charge in [0, 0.05) is 9.75 Å².